The highest BCUT2D eigenvalue weighted by Crippen LogP contribution is 2.40. The van der Waals surface area contributed by atoms with Crippen molar-refractivity contribution in [3.63, 3.8) is 0 Å². The molecule has 56 valence electrons. The van der Waals surface area contributed by atoms with Crippen molar-refractivity contribution >= 4 is 0 Å². The van der Waals surface area contributed by atoms with Crippen molar-refractivity contribution in [2.45, 2.75) is 37.4 Å². The summed E-state index contributed by atoms with van der Waals surface area (Å²) in [5.74, 6) is 0. The molecular formula is C7H10O3. The first-order valence-electron chi connectivity index (χ1n) is 3.86. The Morgan fingerprint density at radius 3 is 3.10 bits per heavy atom. The minimum Gasteiger partial charge on any atom is -0.367 e. The molecule has 3 heterocycles. The van der Waals surface area contributed by atoms with Crippen molar-refractivity contribution in [1.82, 2.24) is 0 Å². The Labute approximate surface area is 59.3 Å². The van der Waals surface area contributed by atoms with Crippen molar-refractivity contribution in [2.75, 3.05) is 6.61 Å². The molecule has 4 atom stereocenters. The molecule has 3 nitrogen and oxygen atoms in total. The van der Waals surface area contributed by atoms with Gasteiger partial charge in [0, 0.05) is 6.42 Å². The van der Waals surface area contributed by atoms with E-state index in [9.17, 15) is 0 Å². The second-order valence-corrected chi connectivity index (χ2v) is 3.14. The Morgan fingerprint density at radius 2 is 2.10 bits per heavy atom. The van der Waals surface area contributed by atoms with Gasteiger partial charge in [0.2, 0.25) is 0 Å². The average molecular weight is 142 g/mol. The molecule has 0 amide bonds. The topological polar surface area (TPSA) is 31.0 Å². The number of epoxide rings is 1. The molecule has 0 radical (unpaired) electrons. The lowest BCUT2D eigenvalue weighted by Crippen LogP contribution is -2.40. The van der Waals surface area contributed by atoms with Crippen LogP contribution in [0.3, 0.4) is 0 Å². The summed E-state index contributed by atoms with van der Waals surface area (Å²) in [5, 5.41) is 0. The summed E-state index contributed by atoms with van der Waals surface area (Å²) in [7, 11) is 0. The van der Waals surface area contributed by atoms with Crippen molar-refractivity contribution in [1.29, 1.82) is 0 Å². The lowest BCUT2D eigenvalue weighted by atomic mass is 10.0. The fraction of sp³-hybridized carbons (Fsp3) is 1.00. The molecule has 3 rings (SSSR count). The third-order valence-corrected chi connectivity index (χ3v) is 2.45. The molecule has 3 aliphatic rings. The van der Waals surface area contributed by atoms with E-state index in [1.807, 2.05) is 0 Å². The van der Waals surface area contributed by atoms with Gasteiger partial charge >= 0.3 is 0 Å². The van der Waals surface area contributed by atoms with Gasteiger partial charge in [0.15, 0.2) is 6.29 Å². The molecule has 2 bridgehead atoms. The highest BCUT2D eigenvalue weighted by atomic mass is 16.7. The van der Waals surface area contributed by atoms with Crippen LogP contribution in [0.4, 0.5) is 0 Å². The fourth-order valence-corrected chi connectivity index (χ4v) is 1.85. The van der Waals surface area contributed by atoms with Gasteiger partial charge in [0.1, 0.15) is 6.10 Å². The monoisotopic (exact) mass is 142 g/mol. The largest absolute Gasteiger partial charge is 0.367 e. The molecule has 3 saturated heterocycles. The van der Waals surface area contributed by atoms with Crippen LogP contribution in [-0.4, -0.2) is 31.2 Å². The maximum absolute atomic E-state index is 5.53. The van der Waals surface area contributed by atoms with Crippen molar-refractivity contribution in [3.05, 3.63) is 0 Å². The molecule has 0 spiro atoms. The minimum absolute atomic E-state index is 0.0440. The summed E-state index contributed by atoms with van der Waals surface area (Å²) in [6, 6.07) is 0. The second kappa shape index (κ2) is 1.72. The summed E-state index contributed by atoms with van der Waals surface area (Å²) >= 11 is 0. The lowest BCUT2D eigenvalue weighted by Gasteiger charge is -2.32. The smallest absolute Gasteiger partial charge is 0.160 e. The Bertz CT molecular complexity index is 159. The maximum Gasteiger partial charge on any atom is 0.160 e. The normalized spacial score (nSPS) is 57.6. The van der Waals surface area contributed by atoms with Crippen LogP contribution in [0.2, 0.25) is 0 Å². The number of hydrogen-bond acceptors (Lipinski definition) is 3. The summed E-state index contributed by atoms with van der Waals surface area (Å²) < 4.78 is 16.3. The highest BCUT2D eigenvalue weighted by molar-refractivity contribution is 4.97. The zero-order valence-corrected chi connectivity index (χ0v) is 5.66. The van der Waals surface area contributed by atoms with Gasteiger partial charge in [0.05, 0.1) is 18.8 Å². The SMILES string of the molecule is C1C[C@H]2O[C@@H](C[C@@H]3O[C@H]32)O1. The quantitative estimate of drug-likeness (QED) is 0.455. The predicted octanol–water partition coefficient (Wildman–Crippen LogP) is 0.289. The second-order valence-electron chi connectivity index (χ2n) is 3.14. The van der Waals surface area contributed by atoms with Crippen LogP contribution in [0, 0.1) is 0 Å². The van der Waals surface area contributed by atoms with Gasteiger partial charge in [-0.2, -0.15) is 0 Å². The third-order valence-electron chi connectivity index (χ3n) is 2.45. The van der Waals surface area contributed by atoms with Crippen LogP contribution in [0.1, 0.15) is 12.8 Å². The van der Waals surface area contributed by atoms with E-state index in [1.165, 1.54) is 0 Å². The van der Waals surface area contributed by atoms with Crippen molar-refractivity contribution in [2.24, 2.45) is 0 Å². The number of ether oxygens (including phenoxy) is 3. The van der Waals surface area contributed by atoms with Gasteiger partial charge in [-0.05, 0) is 6.42 Å². The van der Waals surface area contributed by atoms with E-state index >= 15 is 0 Å². The van der Waals surface area contributed by atoms with Crippen molar-refractivity contribution < 1.29 is 14.2 Å². The van der Waals surface area contributed by atoms with Crippen LogP contribution < -0.4 is 0 Å². The summed E-state index contributed by atoms with van der Waals surface area (Å²) in [4.78, 5) is 0. The van der Waals surface area contributed by atoms with Gasteiger partial charge in [0.25, 0.3) is 0 Å². The van der Waals surface area contributed by atoms with Crippen LogP contribution in [0.25, 0.3) is 0 Å². The third kappa shape index (κ3) is 0.654. The van der Waals surface area contributed by atoms with Gasteiger partial charge in [-0.15, -0.1) is 0 Å². The molecule has 3 aliphatic heterocycles. The standard InChI is InChI=1S/C7H10O3/c1-2-8-6-3-5-7(10-5)4(1)9-6/h4-7H,1-3H2/t4-,5+,6+,7+/m1/s1. The van der Waals surface area contributed by atoms with E-state index < -0.39 is 0 Å². The van der Waals surface area contributed by atoms with E-state index in [1.54, 1.807) is 0 Å². The van der Waals surface area contributed by atoms with E-state index in [0.29, 0.717) is 18.3 Å². The molecule has 10 heavy (non-hydrogen) atoms. The molecule has 3 fully saturated rings. The summed E-state index contributed by atoms with van der Waals surface area (Å²) in [6.07, 6.45) is 3.22. The molecule has 0 N–H and O–H groups in total. The highest BCUT2D eigenvalue weighted by Gasteiger charge is 2.53. The zero-order valence-electron chi connectivity index (χ0n) is 5.66. The predicted molar refractivity (Wildman–Crippen MR) is 32.5 cm³/mol. The molecule has 0 aliphatic carbocycles. The first-order chi connectivity index (χ1) is 4.93. The fourth-order valence-electron chi connectivity index (χ4n) is 1.85. The van der Waals surface area contributed by atoms with Gasteiger partial charge < -0.3 is 14.2 Å². The molecule has 0 saturated carbocycles. The summed E-state index contributed by atoms with van der Waals surface area (Å²) in [6.45, 7) is 0.849. The first kappa shape index (κ1) is 5.52. The van der Waals surface area contributed by atoms with E-state index in [0.717, 1.165) is 19.4 Å². The van der Waals surface area contributed by atoms with Gasteiger partial charge in [-0.3, -0.25) is 0 Å². The Morgan fingerprint density at radius 1 is 1.10 bits per heavy atom. The zero-order chi connectivity index (χ0) is 6.55. The van der Waals surface area contributed by atoms with E-state index in [4.69, 9.17) is 14.2 Å². The number of fused-ring (bicyclic) bond motifs is 4. The van der Waals surface area contributed by atoms with Crippen LogP contribution in [0.5, 0.6) is 0 Å². The van der Waals surface area contributed by atoms with E-state index in [-0.39, 0.29) is 6.29 Å². The molecule has 3 heteroatoms. The van der Waals surface area contributed by atoms with Crippen LogP contribution >= 0.6 is 0 Å². The minimum atomic E-state index is 0.0440. The van der Waals surface area contributed by atoms with E-state index in [2.05, 4.69) is 0 Å². The molecule has 0 aromatic carbocycles. The molecule has 0 unspecified atom stereocenters. The lowest BCUT2D eigenvalue weighted by molar-refractivity contribution is -0.225. The Kier molecular flexibility index (Phi) is 0.952. The van der Waals surface area contributed by atoms with Crippen molar-refractivity contribution in [3.8, 4) is 0 Å². The molecule has 0 aromatic rings. The number of rotatable bonds is 0. The Balaban J connectivity index is 1.82. The average Bonchev–Trinajstić information content (AvgIpc) is 2.68. The molecule has 0 aromatic heterocycles. The summed E-state index contributed by atoms with van der Waals surface area (Å²) in [5.41, 5.74) is 0. The van der Waals surface area contributed by atoms with Gasteiger partial charge in [-0.25, -0.2) is 0 Å². The van der Waals surface area contributed by atoms with Gasteiger partial charge in [-0.1, -0.05) is 0 Å². The van der Waals surface area contributed by atoms with Crippen LogP contribution in [-0.2, 0) is 14.2 Å². The first-order valence-corrected chi connectivity index (χ1v) is 3.86. The Hall–Kier alpha value is -0.120. The molecular weight excluding hydrogens is 132 g/mol. The van der Waals surface area contributed by atoms with Crippen LogP contribution in [0.15, 0.2) is 0 Å². The maximum atomic E-state index is 5.53. The number of hydrogen-bond donors (Lipinski definition) is 0.